The van der Waals surface area contributed by atoms with E-state index < -0.39 is 0 Å². The van der Waals surface area contributed by atoms with E-state index >= 15 is 0 Å². The number of rotatable bonds is 5. The van der Waals surface area contributed by atoms with E-state index in [0.29, 0.717) is 0 Å². The van der Waals surface area contributed by atoms with Gasteiger partial charge < -0.3 is 10.1 Å². The number of nitrogens with one attached hydrogen (secondary N) is 1. The molecule has 3 rings (SSSR count). The minimum atomic E-state index is -0.368. The molecule has 1 atom stereocenters. The second-order valence-corrected chi connectivity index (χ2v) is 6.77. The van der Waals surface area contributed by atoms with Crippen molar-refractivity contribution in [3.63, 3.8) is 0 Å². The second kappa shape index (κ2) is 7.72. The van der Waals surface area contributed by atoms with Crippen LogP contribution in [0.15, 0.2) is 24.4 Å². The summed E-state index contributed by atoms with van der Waals surface area (Å²) in [5.74, 6) is -0.500. The average Bonchev–Trinajstić information content (AvgIpc) is 3.07. The third-order valence-electron chi connectivity index (χ3n) is 5.11. The van der Waals surface area contributed by atoms with Crippen molar-refractivity contribution in [3.8, 4) is 5.69 Å². The standard InChI is InChI=1S/C20H25N3O3/c1-13-6-4-8-17(14(13)2)23-18-9-5-7-16(15(18)12-21-23)22-19(24)10-11-20(25)26-3/h4,6,8,12,16H,5,7,9-11H2,1-3H3,(H,22,24)/t16-/m0/s1. The van der Waals surface area contributed by atoms with Crippen molar-refractivity contribution < 1.29 is 14.3 Å². The first-order valence-corrected chi connectivity index (χ1v) is 9.00. The van der Waals surface area contributed by atoms with E-state index in [-0.39, 0.29) is 30.8 Å². The van der Waals surface area contributed by atoms with Crippen LogP contribution in [0.25, 0.3) is 5.69 Å². The Hall–Kier alpha value is -2.63. The Bertz CT molecular complexity index is 826. The van der Waals surface area contributed by atoms with Gasteiger partial charge in [0, 0.05) is 17.7 Å². The quantitative estimate of drug-likeness (QED) is 0.837. The summed E-state index contributed by atoms with van der Waals surface area (Å²) in [4.78, 5) is 23.4. The van der Waals surface area contributed by atoms with Gasteiger partial charge in [0.25, 0.3) is 0 Å². The van der Waals surface area contributed by atoms with Gasteiger partial charge in [0.05, 0.1) is 31.5 Å². The lowest BCUT2D eigenvalue weighted by Crippen LogP contribution is -2.31. The Balaban J connectivity index is 1.79. The third-order valence-corrected chi connectivity index (χ3v) is 5.11. The molecule has 0 fully saturated rings. The van der Waals surface area contributed by atoms with Gasteiger partial charge in [-0.1, -0.05) is 12.1 Å². The zero-order chi connectivity index (χ0) is 18.7. The number of hydrogen-bond donors (Lipinski definition) is 1. The predicted molar refractivity (Wildman–Crippen MR) is 98.1 cm³/mol. The van der Waals surface area contributed by atoms with Gasteiger partial charge in [-0.25, -0.2) is 4.68 Å². The number of nitrogens with zero attached hydrogens (tertiary/aromatic N) is 2. The Labute approximate surface area is 153 Å². The van der Waals surface area contributed by atoms with Crippen LogP contribution in [-0.2, 0) is 20.7 Å². The van der Waals surface area contributed by atoms with Crippen molar-refractivity contribution in [1.82, 2.24) is 15.1 Å². The van der Waals surface area contributed by atoms with Gasteiger partial charge >= 0.3 is 5.97 Å². The lowest BCUT2D eigenvalue weighted by atomic mass is 9.92. The Kier molecular flexibility index (Phi) is 5.40. The van der Waals surface area contributed by atoms with Crippen LogP contribution in [0, 0.1) is 13.8 Å². The van der Waals surface area contributed by atoms with E-state index in [4.69, 9.17) is 0 Å². The lowest BCUT2D eigenvalue weighted by molar-refractivity contribution is -0.142. The van der Waals surface area contributed by atoms with Crippen LogP contribution >= 0.6 is 0 Å². The van der Waals surface area contributed by atoms with Crippen LogP contribution in [-0.4, -0.2) is 28.8 Å². The summed E-state index contributed by atoms with van der Waals surface area (Å²) in [7, 11) is 1.33. The molecule has 1 aliphatic carbocycles. The molecule has 1 amide bonds. The molecule has 0 bridgehead atoms. The average molecular weight is 355 g/mol. The van der Waals surface area contributed by atoms with Gasteiger partial charge in [0.2, 0.25) is 5.91 Å². The molecule has 0 aliphatic heterocycles. The summed E-state index contributed by atoms with van der Waals surface area (Å²) in [6.07, 6.45) is 4.92. The number of fused-ring (bicyclic) bond motifs is 1. The van der Waals surface area contributed by atoms with E-state index in [1.165, 1.54) is 18.2 Å². The molecule has 0 saturated heterocycles. The van der Waals surface area contributed by atoms with Gasteiger partial charge in [-0.2, -0.15) is 5.10 Å². The Morgan fingerprint density at radius 2 is 2.12 bits per heavy atom. The highest BCUT2D eigenvalue weighted by atomic mass is 16.5. The van der Waals surface area contributed by atoms with Gasteiger partial charge in [0.15, 0.2) is 0 Å². The van der Waals surface area contributed by atoms with Crippen LogP contribution in [0.1, 0.15) is 54.1 Å². The summed E-state index contributed by atoms with van der Waals surface area (Å²) >= 11 is 0. The monoisotopic (exact) mass is 355 g/mol. The Morgan fingerprint density at radius 1 is 1.31 bits per heavy atom. The number of hydrogen-bond acceptors (Lipinski definition) is 4. The van der Waals surface area contributed by atoms with E-state index in [9.17, 15) is 9.59 Å². The third kappa shape index (κ3) is 3.64. The van der Waals surface area contributed by atoms with Crippen molar-refractivity contribution >= 4 is 11.9 Å². The first-order chi connectivity index (χ1) is 12.5. The minimum Gasteiger partial charge on any atom is -0.469 e. The summed E-state index contributed by atoms with van der Waals surface area (Å²) in [5.41, 5.74) is 5.76. The second-order valence-electron chi connectivity index (χ2n) is 6.77. The van der Waals surface area contributed by atoms with Crippen molar-refractivity contribution in [1.29, 1.82) is 0 Å². The SMILES string of the molecule is COC(=O)CCC(=O)N[C@H]1CCCc2c1cnn2-c1cccc(C)c1C. The van der Waals surface area contributed by atoms with Gasteiger partial charge in [-0.05, 0) is 50.3 Å². The summed E-state index contributed by atoms with van der Waals surface area (Å²) in [5, 5.41) is 7.65. The number of aryl methyl sites for hydroxylation is 1. The molecule has 1 aromatic heterocycles. The fourth-order valence-corrected chi connectivity index (χ4v) is 3.46. The number of carbonyl (C=O) groups is 2. The van der Waals surface area contributed by atoms with Gasteiger partial charge in [-0.15, -0.1) is 0 Å². The molecule has 2 aromatic rings. The highest BCUT2D eigenvalue weighted by molar-refractivity contribution is 5.81. The molecule has 1 aliphatic rings. The highest BCUT2D eigenvalue weighted by Gasteiger charge is 2.26. The molecule has 0 radical (unpaired) electrons. The maximum Gasteiger partial charge on any atom is 0.306 e. The van der Waals surface area contributed by atoms with Crippen molar-refractivity contribution in [3.05, 3.63) is 46.8 Å². The number of ether oxygens (including phenoxy) is 1. The molecule has 6 nitrogen and oxygen atoms in total. The van der Waals surface area contributed by atoms with E-state index in [0.717, 1.165) is 36.2 Å². The molecule has 1 heterocycles. The van der Waals surface area contributed by atoms with E-state index in [1.807, 2.05) is 16.9 Å². The zero-order valence-corrected chi connectivity index (χ0v) is 15.5. The van der Waals surface area contributed by atoms with Crippen molar-refractivity contribution in [2.75, 3.05) is 7.11 Å². The lowest BCUT2D eigenvalue weighted by Gasteiger charge is -2.24. The fraction of sp³-hybridized carbons (Fsp3) is 0.450. The molecule has 26 heavy (non-hydrogen) atoms. The summed E-state index contributed by atoms with van der Waals surface area (Å²) < 4.78 is 6.59. The number of carbonyl (C=O) groups excluding carboxylic acids is 2. The van der Waals surface area contributed by atoms with Crippen LogP contribution in [0.3, 0.4) is 0 Å². The van der Waals surface area contributed by atoms with Crippen LogP contribution < -0.4 is 5.32 Å². The molecule has 1 N–H and O–H groups in total. The zero-order valence-electron chi connectivity index (χ0n) is 15.5. The summed E-state index contributed by atoms with van der Waals surface area (Å²) in [6.45, 7) is 4.20. The first-order valence-electron chi connectivity index (χ1n) is 9.00. The van der Waals surface area contributed by atoms with E-state index in [2.05, 4.69) is 41.1 Å². The van der Waals surface area contributed by atoms with Crippen LogP contribution in [0.4, 0.5) is 0 Å². The van der Waals surface area contributed by atoms with Crippen LogP contribution in [0.5, 0.6) is 0 Å². The maximum absolute atomic E-state index is 12.2. The molecule has 0 unspecified atom stereocenters. The first kappa shape index (κ1) is 18.2. The topological polar surface area (TPSA) is 73.2 Å². The van der Waals surface area contributed by atoms with Gasteiger partial charge in [-0.3, -0.25) is 9.59 Å². The molecule has 138 valence electrons. The van der Waals surface area contributed by atoms with Crippen molar-refractivity contribution in [2.45, 2.75) is 52.0 Å². The molecular weight excluding hydrogens is 330 g/mol. The number of methoxy groups -OCH3 is 1. The van der Waals surface area contributed by atoms with E-state index in [1.54, 1.807) is 0 Å². The normalized spacial score (nSPS) is 16.0. The fourth-order valence-electron chi connectivity index (χ4n) is 3.46. The Morgan fingerprint density at radius 3 is 2.88 bits per heavy atom. The minimum absolute atomic E-state index is 0.0530. The summed E-state index contributed by atoms with van der Waals surface area (Å²) in [6, 6.07) is 6.16. The van der Waals surface area contributed by atoms with Crippen molar-refractivity contribution in [2.24, 2.45) is 0 Å². The predicted octanol–water partition coefficient (Wildman–Crippen LogP) is 2.94. The molecule has 6 heteroatoms. The molecular formula is C20H25N3O3. The highest BCUT2D eigenvalue weighted by Crippen LogP contribution is 2.32. The number of amides is 1. The van der Waals surface area contributed by atoms with Gasteiger partial charge in [0.1, 0.15) is 0 Å². The number of aromatic nitrogens is 2. The molecule has 1 aromatic carbocycles. The molecule has 0 saturated carbocycles. The smallest absolute Gasteiger partial charge is 0.306 e. The maximum atomic E-state index is 12.2. The number of esters is 1. The molecule has 0 spiro atoms. The number of benzene rings is 1. The van der Waals surface area contributed by atoms with Crippen LogP contribution in [0.2, 0.25) is 0 Å². The largest absolute Gasteiger partial charge is 0.469 e.